The number of nitrogens with zero attached hydrogens (tertiary/aromatic N) is 3. The van der Waals surface area contributed by atoms with Crippen LogP contribution >= 0.6 is 0 Å². The third kappa shape index (κ3) is 3.02. The quantitative estimate of drug-likeness (QED) is 0.776. The second kappa shape index (κ2) is 6.98. The number of fused-ring (bicyclic) bond motifs is 1. The number of aromatic nitrogens is 3. The number of H-pyrrole nitrogens is 1. The van der Waals surface area contributed by atoms with E-state index in [0.29, 0.717) is 6.42 Å². The molecule has 0 radical (unpaired) electrons. The van der Waals surface area contributed by atoms with Gasteiger partial charge in [0.25, 0.3) is 0 Å². The monoisotopic (exact) mass is 350 g/mol. The van der Waals surface area contributed by atoms with Crippen LogP contribution in [0.15, 0.2) is 36.7 Å². The fraction of sp³-hybridized carbons (Fsp3) is 0.429. The van der Waals surface area contributed by atoms with E-state index in [1.165, 1.54) is 28.5 Å². The number of para-hydroxylation sites is 1. The van der Waals surface area contributed by atoms with Gasteiger partial charge in [-0.05, 0) is 49.8 Å². The number of aromatic amines is 1. The molecule has 3 heterocycles. The average molecular weight is 350 g/mol. The highest BCUT2D eigenvalue weighted by Crippen LogP contribution is 2.31. The van der Waals surface area contributed by atoms with Crippen LogP contribution in [0.4, 0.5) is 0 Å². The SMILES string of the molecule is Cc1cccc2c(CCC(=O)N3CCCCC3c3ccnn3C)c[nH]c12. The molecule has 1 aliphatic heterocycles. The molecule has 5 heteroatoms. The van der Waals surface area contributed by atoms with E-state index in [4.69, 9.17) is 0 Å². The summed E-state index contributed by atoms with van der Waals surface area (Å²) in [7, 11) is 1.96. The lowest BCUT2D eigenvalue weighted by molar-refractivity contribution is -0.135. The summed E-state index contributed by atoms with van der Waals surface area (Å²) < 4.78 is 1.90. The molecule has 1 atom stereocenters. The zero-order chi connectivity index (χ0) is 18.1. The highest BCUT2D eigenvalue weighted by atomic mass is 16.2. The zero-order valence-electron chi connectivity index (χ0n) is 15.5. The van der Waals surface area contributed by atoms with E-state index in [2.05, 4.69) is 46.3 Å². The molecule has 0 spiro atoms. The maximum Gasteiger partial charge on any atom is 0.223 e. The van der Waals surface area contributed by atoms with E-state index < -0.39 is 0 Å². The number of aryl methyl sites for hydroxylation is 3. The third-order valence-electron chi connectivity index (χ3n) is 5.64. The molecule has 1 unspecified atom stereocenters. The summed E-state index contributed by atoms with van der Waals surface area (Å²) in [5.41, 5.74) is 4.79. The highest BCUT2D eigenvalue weighted by molar-refractivity contribution is 5.86. The number of hydrogen-bond donors (Lipinski definition) is 1. The molecular weight excluding hydrogens is 324 g/mol. The second-order valence-corrected chi connectivity index (χ2v) is 7.29. The lowest BCUT2D eigenvalue weighted by Crippen LogP contribution is -2.39. The number of carbonyl (C=O) groups excluding carboxylic acids is 1. The average Bonchev–Trinajstić information content (AvgIpc) is 3.26. The number of likely N-dealkylation sites (tertiary alicyclic amines) is 1. The van der Waals surface area contributed by atoms with Crippen molar-refractivity contribution in [1.29, 1.82) is 0 Å². The summed E-state index contributed by atoms with van der Waals surface area (Å²) in [5.74, 6) is 0.248. The van der Waals surface area contributed by atoms with Crippen LogP contribution in [0.5, 0.6) is 0 Å². The van der Waals surface area contributed by atoms with Gasteiger partial charge in [-0.2, -0.15) is 5.10 Å². The van der Waals surface area contributed by atoms with Crippen LogP contribution < -0.4 is 0 Å². The topological polar surface area (TPSA) is 53.9 Å². The number of benzene rings is 1. The van der Waals surface area contributed by atoms with Crippen LogP contribution in [0.25, 0.3) is 10.9 Å². The van der Waals surface area contributed by atoms with Gasteiger partial charge in [0.05, 0.1) is 11.7 Å². The minimum Gasteiger partial charge on any atom is -0.361 e. The summed E-state index contributed by atoms with van der Waals surface area (Å²) in [5, 5.41) is 5.52. The number of rotatable bonds is 4. The second-order valence-electron chi connectivity index (χ2n) is 7.29. The zero-order valence-corrected chi connectivity index (χ0v) is 15.5. The molecule has 1 aliphatic rings. The Labute approximate surface area is 154 Å². The molecule has 2 aromatic heterocycles. The van der Waals surface area contributed by atoms with Crippen LogP contribution in [-0.4, -0.2) is 32.1 Å². The summed E-state index contributed by atoms with van der Waals surface area (Å²) in [6, 6.07) is 8.53. The Morgan fingerprint density at radius 3 is 3.00 bits per heavy atom. The van der Waals surface area contributed by atoms with Gasteiger partial charge in [-0.1, -0.05) is 18.2 Å². The standard InChI is InChI=1S/C21H26N4O/c1-15-6-5-7-17-16(14-22-21(15)17)9-10-20(26)25-13-4-3-8-19(25)18-11-12-23-24(18)2/h5-7,11-12,14,19,22H,3-4,8-10,13H2,1-2H3. The molecule has 0 bridgehead atoms. The predicted octanol–water partition coefficient (Wildman–Crippen LogP) is 3.90. The van der Waals surface area contributed by atoms with Crippen LogP contribution in [0.1, 0.15) is 48.5 Å². The maximum atomic E-state index is 13.0. The number of piperidine rings is 1. The highest BCUT2D eigenvalue weighted by Gasteiger charge is 2.29. The van der Waals surface area contributed by atoms with Crippen molar-refractivity contribution in [2.75, 3.05) is 6.54 Å². The molecule has 3 aromatic rings. The molecule has 26 heavy (non-hydrogen) atoms. The molecule has 1 fully saturated rings. The summed E-state index contributed by atoms with van der Waals surface area (Å²) in [6.45, 7) is 2.96. The van der Waals surface area contributed by atoms with Crippen molar-refractivity contribution in [2.45, 2.75) is 45.1 Å². The lowest BCUT2D eigenvalue weighted by Gasteiger charge is -2.36. The maximum absolute atomic E-state index is 13.0. The molecule has 1 aromatic carbocycles. The Bertz CT molecular complexity index is 923. The smallest absolute Gasteiger partial charge is 0.223 e. The van der Waals surface area contributed by atoms with Gasteiger partial charge < -0.3 is 9.88 Å². The number of amides is 1. The van der Waals surface area contributed by atoms with E-state index in [-0.39, 0.29) is 11.9 Å². The largest absolute Gasteiger partial charge is 0.361 e. The van der Waals surface area contributed by atoms with E-state index in [9.17, 15) is 4.79 Å². The van der Waals surface area contributed by atoms with Crippen molar-refractivity contribution in [3.8, 4) is 0 Å². The number of nitrogens with one attached hydrogen (secondary N) is 1. The molecule has 136 valence electrons. The van der Waals surface area contributed by atoms with Crippen LogP contribution in [0, 0.1) is 6.92 Å². The van der Waals surface area contributed by atoms with Gasteiger partial charge in [-0.25, -0.2) is 0 Å². The minimum absolute atomic E-state index is 0.161. The third-order valence-corrected chi connectivity index (χ3v) is 5.64. The first-order valence-corrected chi connectivity index (χ1v) is 9.48. The Balaban J connectivity index is 1.49. The Kier molecular flexibility index (Phi) is 4.53. The van der Waals surface area contributed by atoms with Crippen molar-refractivity contribution in [3.05, 3.63) is 53.5 Å². The molecule has 4 rings (SSSR count). The fourth-order valence-electron chi connectivity index (χ4n) is 4.20. The van der Waals surface area contributed by atoms with Crippen molar-refractivity contribution in [1.82, 2.24) is 19.7 Å². The van der Waals surface area contributed by atoms with Crippen LogP contribution in [0.3, 0.4) is 0 Å². The van der Waals surface area contributed by atoms with Crippen LogP contribution in [-0.2, 0) is 18.3 Å². The molecular formula is C21H26N4O. The first kappa shape index (κ1) is 16.9. The van der Waals surface area contributed by atoms with Gasteiger partial charge in [0.15, 0.2) is 0 Å². The van der Waals surface area contributed by atoms with Gasteiger partial charge in [0.2, 0.25) is 5.91 Å². The van der Waals surface area contributed by atoms with Gasteiger partial charge in [0.1, 0.15) is 0 Å². The summed E-state index contributed by atoms with van der Waals surface area (Å²) in [6.07, 6.45) is 8.48. The van der Waals surface area contributed by atoms with Crippen molar-refractivity contribution >= 4 is 16.8 Å². The van der Waals surface area contributed by atoms with Gasteiger partial charge in [0, 0.05) is 43.3 Å². The van der Waals surface area contributed by atoms with E-state index in [0.717, 1.165) is 31.5 Å². The number of carbonyl (C=O) groups is 1. The molecule has 1 amide bonds. The predicted molar refractivity (Wildman–Crippen MR) is 103 cm³/mol. The molecule has 1 saturated heterocycles. The Morgan fingerprint density at radius 2 is 2.19 bits per heavy atom. The molecule has 5 nitrogen and oxygen atoms in total. The van der Waals surface area contributed by atoms with Gasteiger partial charge >= 0.3 is 0 Å². The molecule has 0 aliphatic carbocycles. The Morgan fingerprint density at radius 1 is 1.31 bits per heavy atom. The van der Waals surface area contributed by atoms with Gasteiger partial charge in [-0.3, -0.25) is 9.48 Å². The van der Waals surface area contributed by atoms with Crippen molar-refractivity contribution < 1.29 is 4.79 Å². The normalized spacial score (nSPS) is 17.8. The first-order chi connectivity index (χ1) is 12.6. The fourth-order valence-corrected chi connectivity index (χ4v) is 4.20. The van der Waals surface area contributed by atoms with E-state index in [1.807, 2.05) is 24.0 Å². The summed E-state index contributed by atoms with van der Waals surface area (Å²) >= 11 is 0. The van der Waals surface area contributed by atoms with E-state index in [1.54, 1.807) is 0 Å². The minimum atomic E-state index is 0.161. The van der Waals surface area contributed by atoms with Gasteiger partial charge in [-0.15, -0.1) is 0 Å². The molecule has 1 N–H and O–H groups in total. The van der Waals surface area contributed by atoms with Crippen molar-refractivity contribution in [2.24, 2.45) is 7.05 Å². The number of hydrogen-bond acceptors (Lipinski definition) is 2. The molecule has 0 saturated carbocycles. The van der Waals surface area contributed by atoms with E-state index >= 15 is 0 Å². The van der Waals surface area contributed by atoms with Crippen LogP contribution in [0.2, 0.25) is 0 Å². The Hall–Kier alpha value is -2.56. The summed E-state index contributed by atoms with van der Waals surface area (Å²) in [4.78, 5) is 18.4. The first-order valence-electron chi connectivity index (χ1n) is 9.48. The van der Waals surface area contributed by atoms with Crippen molar-refractivity contribution in [3.63, 3.8) is 0 Å². The lowest BCUT2D eigenvalue weighted by atomic mass is 9.98.